The van der Waals surface area contributed by atoms with Gasteiger partial charge in [-0.05, 0) is 42.8 Å². The number of ether oxygens (including phenoxy) is 2. The van der Waals surface area contributed by atoms with Crippen molar-refractivity contribution in [2.75, 3.05) is 12.8 Å². The summed E-state index contributed by atoms with van der Waals surface area (Å²) >= 11 is 0. The van der Waals surface area contributed by atoms with Crippen LogP contribution >= 0.6 is 0 Å². The molecule has 0 saturated carbocycles. The first-order valence-corrected chi connectivity index (χ1v) is 7.60. The maximum atomic E-state index is 11.6. The minimum Gasteiger partial charge on any atom is -0.493 e. The molecule has 7 heteroatoms. The monoisotopic (exact) mass is 308 g/mol. The lowest BCUT2D eigenvalue weighted by atomic mass is 10.2. The molecule has 2 aromatic rings. The van der Waals surface area contributed by atoms with Crippen LogP contribution < -0.4 is 20.3 Å². The summed E-state index contributed by atoms with van der Waals surface area (Å²) in [4.78, 5) is -0.176. The van der Waals surface area contributed by atoms with Gasteiger partial charge in [0.2, 0.25) is 10.0 Å². The third-order valence-corrected chi connectivity index (χ3v) is 3.75. The Bertz CT molecular complexity index is 773. The predicted molar refractivity (Wildman–Crippen MR) is 80.0 cm³/mol. The number of benzene rings is 2. The van der Waals surface area contributed by atoms with Gasteiger partial charge in [-0.25, -0.2) is 13.6 Å². The number of hydrogen-bond donors (Lipinski definition) is 2. The van der Waals surface area contributed by atoms with E-state index in [1.54, 1.807) is 12.1 Å². The normalized spacial score (nSPS) is 11.2. The fraction of sp³-hybridized carbons (Fsp3) is 0.143. The van der Waals surface area contributed by atoms with Crippen LogP contribution in [0.1, 0.15) is 5.56 Å². The van der Waals surface area contributed by atoms with Gasteiger partial charge in [0, 0.05) is 5.69 Å². The van der Waals surface area contributed by atoms with Crippen molar-refractivity contribution in [3.8, 4) is 17.2 Å². The van der Waals surface area contributed by atoms with E-state index < -0.39 is 10.0 Å². The molecular weight excluding hydrogens is 292 g/mol. The van der Waals surface area contributed by atoms with Crippen LogP contribution in [0.2, 0.25) is 0 Å². The Morgan fingerprint density at radius 3 is 2.29 bits per heavy atom. The minimum absolute atomic E-state index is 0.0915. The van der Waals surface area contributed by atoms with E-state index in [-0.39, 0.29) is 16.3 Å². The van der Waals surface area contributed by atoms with Gasteiger partial charge in [0.25, 0.3) is 0 Å². The highest BCUT2D eigenvalue weighted by molar-refractivity contribution is 7.89. The van der Waals surface area contributed by atoms with Gasteiger partial charge in [0.1, 0.15) is 10.6 Å². The molecule has 112 valence electrons. The molecule has 0 aliphatic heterocycles. The first-order valence-electron chi connectivity index (χ1n) is 6.06. The molecule has 0 aliphatic carbocycles. The van der Waals surface area contributed by atoms with E-state index in [4.69, 9.17) is 20.3 Å². The van der Waals surface area contributed by atoms with Crippen molar-refractivity contribution in [2.45, 2.75) is 11.8 Å². The zero-order valence-corrected chi connectivity index (χ0v) is 12.5. The lowest BCUT2D eigenvalue weighted by molar-refractivity contribution is 0.375. The Hall–Kier alpha value is -2.25. The van der Waals surface area contributed by atoms with Crippen LogP contribution in [0.15, 0.2) is 41.3 Å². The summed E-state index contributed by atoms with van der Waals surface area (Å²) in [5, 5.41) is 5.18. The van der Waals surface area contributed by atoms with Crippen molar-refractivity contribution in [2.24, 2.45) is 5.14 Å². The lowest BCUT2D eigenvalue weighted by Crippen LogP contribution is -2.13. The zero-order chi connectivity index (χ0) is 15.6. The molecule has 0 saturated heterocycles. The second-order valence-corrected chi connectivity index (χ2v) is 6.04. The number of nitrogen functional groups attached to an aromatic ring is 1. The zero-order valence-electron chi connectivity index (χ0n) is 11.7. The van der Waals surface area contributed by atoms with Gasteiger partial charge in [0.05, 0.1) is 7.11 Å². The highest BCUT2D eigenvalue weighted by atomic mass is 32.2. The SMILES string of the molecule is COc1cc(C)ccc1Oc1ccc(N)cc1S(N)(=O)=O. The minimum atomic E-state index is -3.95. The van der Waals surface area contributed by atoms with E-state index in [1.165, 1.54) is 25.3 Å². The third-order valence-electron chi connectivity index (χ3n) is 2.81. The molecule has 21 heavy (non-hydrogen) atoms. The molecule has 0 radical (unpaired) electrons. The van der Waals surface area contributed by atoms with E-state index in [9.17, 15) is 8.42 Å². The Balaban J connectivity index is 2.50. The Labute approximate surface area is 123 Å². The number of aryl methyl sites for hydroxylation is 1. The summed E-state index contributed by atoms with van der Waals surface area (Å²) < 4.78 is 34.1. The lowest BCUT2D eigenvalue weighted by Gasteiger charge is -2.13. The van der Waals surface area contributed by atoms with Gasteiger partial charge in [-0.3, -0.25) is 0 Å². The van der Waals surface area contributed by atoms with Crippen LogP contribution in [0.3, 0.4) is 0 Å². The standard InChI is InChI=1S/C14H16N2O4S/c1-9-3-5-11(13(7-9)19-2)20-12-6-4-10(15)8-14(12)21(16,17)18/h3-8H,15H2,1-2H3,(H2,16,17,18). The van der Waals surface area contributed by atoms with Crippen LogP contribution in [0.5, 0.6) is 17.2 Å². The summed E-state index contributed by atoms with van der Waals surface area (Å²) in [6.07, 6.45) is 0. The highest BCUT2D eigenvalue weighted by Gasteiger charge is 2.17. The average Bonchev–Trinajstić information content (AvgIpc) is 2.41. The number of anilines is 1. The smallest absolute Gasteiger partial charge is 0.241 e. The van der Waals surface area contributed by atoms with Gasteiger partial charge in [0.15, 0.2) is 11.5 Å². The second-order valence-electron chi connectivity index (χ2n) is 4.51. The van der Waals surface area contributed by atoms with Gasteiger partial charge >= 0.3 is 0 Å². The third kappa shape index (κ3) is 3.45. The fourth-order valence-electron chi connectivity index (χ4n) is 1.81. The van der Waals surface area contributed by atoms with Crippen molar-refractivity contribution in [1.29, 1.82) is 0 Å². The van der Waals surface area contributed by atoms with Crippen molar-refractivity contribution in [3.05, 3.63) is 42.0 Å². The van der Waals surface area contributed by atoms with Crippen molar-refractivity contribution < 1.29 is 17.9 Å². The van der Waals surface area contributed by atoms with Crippen LogP contribution in [-0.4, -0.2) is 15.5 Å². The van der Waals surface area contributed by atoms with Crippen LogP contribution in [0.4, 0.5) is 5.69 Å². The molecule has 0 spiro atoms. The predicted octanol–water partition coefficient (Wildman–Crippen LogP) is 2.03. The topological polar surface area (TPSA) is 105 Å². The van der Waals surface area contributed by atoms with Gasteiger partial charge in [-0.15, -0.1) is 0 Å². The van der Waals surface area contributed by atoms with Crippen molar-refractivity contribution in [1.82, 2.24) is 0 Å². The van der Waals surface area contributed by atoms with Gasteiger partial charge in [-0.2, -0.15) is 0 Å². The van der Waals surface area contributed by atoms with Crippen LogP contribution in [0, 0.1) is 6.92 Å². The first-order chi connectivity index (χ1) is 9.81. The summed E-state index contributed by atoms with van der Waals surface area (Å²) in [6.45, 7) is 1.91. The molecule has 0 unspecified atom stereocenters. The molecule has 0 heterocycles. The molecule has 0 atom stereocenters. The number of nitrogens with two attached hydrogens (primary N) is 2. The largest absolute Gasteiger partial charge is 0.493 e. The Morgan fingerprint density at radius 2 is 1.67 bits per heavy atom. The number of sulfonamides is 1. The number of rotatable bonds is 4. The van der Waals surface area contributed by atoms with E-state index >= 15 is 0 Å². The van der Waals surface area contributed by atoms with Gasteiger partial charge < -0.3 is 15.2 Å². The number of hydrogen-bond acceptors (Lipinski definition) is 5. The molecule has 0 aromatic heterocycles. The van der Waals surface area contributed by atoms with E-state index in [0.29, 0.717) is 11.5 Å². The van der Waals surface area contributed by atoms with Crippen LogP contribution in [0.25, 0.3) is 0 Å². The molecule has 0 fully saturated rings. The van der Waals surface area contributed by atoms with Gasteiger partial charge in [-0.1, -0.05) is 6.07 Å². The molecule has 4 N–H and O–H groups in total. The summed E-state index contributed by atoms with van der Waals surface area (Å²) in [7, 11) is -2.44. The van der Waals surface area contributed by atoms with E-state index in [1.807, 2.05) is 13.0 Å². The molecule has 2 rings (SSSR count). The molecule has 0 amide bonds. The average molecular weight is 308 g/mol. The maximum absolute atomic E-state index is 11.6. The summed E-state index contributed by atoms with van der Waals surface area (Å²) in [6, 6.07) is 9.54. The van der Waals surface area contributed by atoms with E-state index in [0.717, 1.165) is 5.56 Å². The molecule has 6 nitrogen and oxygen atoms in total. The number of primary sulfonamides is 1. The van der Waals surface area contributed by atoms with Crippen molar-refractivity contribution >= 4 is 15.7 Å². The molecule has 0 aliphatic rings. The fourth-order valence-corrected chi connectivity index (χ4v) is 2.50. The summed E-state index contributed by atoms with van der Waals surface area (Å²) in [5.41, 5.74) is 6.86. The van der Waals surface area contributed by atoms with E-state index in [2.05, 4.69) is 0 Å². The Morgan fingerprint density at radius 1 is 1.00 bits per heavy atom. The molecular formula is C14H16N2O4S. The summed E-state index contributed by atoms with van der Waals surface area (Å²) in [5.74, 6) is 0.971. The Kier molecular flexibility index (Phi) is 4.06. The van der Waals surface area contributed by atoms with Crippen molar-refractivity contribution in [3.63, 3.8) is 0 Å². The highest BCUT2D eigenvalue weighted by Crippen LogP contribution is 2.35. The maximum Gasteiger partial charge on any atom is 0.241 e. The molecule has 0 bridgehead atoms. The molecule has 2 aromatic carbocycles. The van der Waals surface area contributed by atoms with Crippen LogP contribution in [-0.2, 0) is 10.0 Å². The first kappa shape index (κ1) is 15.1. The quantitative estimate of drug-likeness (QED) is 0.841. The number of methoxy groups -OCH3 is 1. The second kappa shape index (κ2) is 5.63.